The number of carbonyl (C=O) groups is 1. The average Bonchev–Trinajstić information content (AvgIpc) is 3.19. The van der Waals surface area contributed by atoms with E-state index in [0.717, 1.165) is 22.3 Å². The lowest BCUT2D eigenvalue weighted by atomic mass is 10.2. The Kier molecular flexibility index (Phi) is 6.50. The van der Waals surface area contributed by atoms with Gasteiger partial charge in [-0.2, -0.15) is 18.3 Å². The van der Waals surface area contributed by atoms with E-state index in [4.69, 9.17) is 4.74 Å². The molecule has 0 saturated heterocycles. The van der Waals surface area contributed by atoms with E-state index in [0.29, 0.717) is 13.2 Å². The van der Waals surface area contributed by atoms with E-state index in [1.54, 1.807) is 24.3 Å². The molecule has 1 aromatic carbocycles. The number of benzene rings is 1. The molecule has 0 unspecified atom stereocenters. The number of hydrogen-bond acceptors (Lipinski definition) is 6. The van der Waals surface area contributed by atoms with Gasteiger partial charge in [0.25, 0.3) is 5.91 Å². The Hall–Kier alpha value is -3.63. The number of nitrogens with one attached hydrogen (secondary N) is 2. The number of ether oxygens (including phenoxy) is 1. The molecule has 0 radical (unpaired) electrons. The maximum atomic E-state index is 13.3. The number of hydrogen-bond donors (Lipinski definition) is 2. The number of halogens is 3. The van der Waals surface area contributed by atoms with E-state index >= 15 is 0 Å². The summed E-state index contributed by atoms with van der Waals surface area (Å²) in [6, 6.07) is 8.71. The monoisotopic (exact) mass is 420 g/mol. The molecular weight excluding hydrogens is 401 g/mol. The van der Waals surface area contributed by atoms with Crippen LogP contribution in [0.2, 0.25) is 0 Å². The van der Waals surface area contributed by atoms with Gasteiger partial charge in [-0.25, -0.2) is 14.6 Å². The lowest BCUT2D eigenvalue weighted by molar-refractivity contribution is -0.141. The summed E-state index contributed by atoms with van der Waals surface area (Å²) in [5, 5.41) is 8.97. The first kappa shape index (κ1) is 21.1. The van der Waals surface area contributed by atoms with Crippen molar-refractivity contribution in [2.24, 2.45) is 0 Å². The summed E-state index contributed by atoms with van der Waals surface area (Å²) >= 11 is 0. The minimum Gasteiger partial charge on any atom is -0.494 e. The second-order valence-electron chi connectivity index (χ2n) is 6.02. The first-order valence-electron chi connectivity index (χ1n) is 9.07. The van der Waals surface area contributed by atoms with Gasteiger partial charge in [0.1, 0.15) is 5.75 Å². The maximum absolute atomic E-state index is 13.3. The molecular formula is C19H19F3N6O2. The van der Waals surface area contributed by atoms with Gasteiger partial charge in [0.05, 0.1) is 12.2 Å². The summed E-state index contributed by atoms with van der Waals surface area (Å²) in [6.07, 6.45) is -1.10. The molecule has 0 aliphatic heterocycles. The van der Waals surface area contributed by atoms with Crippen molar-refractivity contribution in [3.8, 4) is 11.7 Å². The third kappa shape index (κ3) is 5.25. The summed E-state index contributed by atoms with van der Waals surface area (Å²) in [4.78, 5) is 20.0. The summed E-state index contributed by atoms with van der Waals surface area (Å²) in [5.74, 6) is -0.229. The molecule has 0 atom stereocenters. The molecule has 2 N–H and O–H groups in total. The fraction of sp³-hybridized carbons (Fsp3) is 0.263. The van der Waals surface area contributed by atoms with Crippen molar-refractivity contribution in [3.63, 3.8) is 0 Å². The minimum absolute atomic E-state index is 0.0702. The van der Waals surface area contributed by atoms with Crippen LogP contribution in [0.4, 0.5) is 18.9 Å². The van der Waals surface area contributed by atoms with Crippen molar-refractivity contribution in [3.05, 3.63) is 60.2 Å². The summed E-state index contributed by atoms with van der Waals surface area (Å²) in [5.41, 5.74) is -1.11. The van der Waals surface area contributed by atoms with Crippen LogP contribution in [-0.4, -0.2) is 45.4 Å². The molecule has 3 rings (SSSR count). The number of aromatic nitrogens is 4. The Morgan fingerprint density at radius 3 is 2.47 bits per heavy atom. The van der Waals surface area contributed by atoms with Crippen LogP contribution >= 0.6 is 0 Å². The Morgan fingerprint density at radius 1 is 1.13 bits per heavy atom. The second-order valence-corrected chi connectivity index (χ2v) is 6.02. The smallest absolute Gasteiger partial charge is 0.435 e. The number of anilines is 1. The van der Waals surface area contributed by atoms with Gasteiger partial charge in [0.15, 0.2) is 5.69 Å². The van der Waals surface area contributed by atoms with Gasteiger partial charge >= 0.3 is 6.18 Å². The number of rotatable bonds is 8. The Bertz CT molecular complexity index is 974. The molecule has 158 valence electrons. The molecule has 11 heteroatoms. The number of nitrogens with zero attached hydrogens (tertiary/aromatic N) is 4. The SMILES string of the molecule is CCOc1ccc(NCCNC(=O)c2cn(-c3ncccn3)nc2C(F)(F)F)cc1. The van der Waals surface area contributed by atoms with Gasteiger partial charge in [-0.05, 0) is 37.3 Å². The normalized spacial score (nSPS) is 11.2. The zero-order valence-electron chi connectivity index (χ0n) is 16.0. The predicted octanol–water partition coefficient (Wildman–Crippen LogP) is 2.92. The number of alkyl halides is 3. The van der Waals surface area contributed by atoms with E-state index in [1.807, 2.05) is 6.92 Å². The van der Waals surface area contributed by atoms with Crippen molar-refractivity contribution in [1.82, 2.24) is 25.1 Å². The molecule has 0 fully saturated rings. The fourth-order valence-corrected chi connectivity index (χ4v) is 2.58. The lowest BCUT2D eigenvalue weighted by Crippen LogP contribution is -2.30. The average molecular weight is 420 g/mol. The molecule has 8 nitrogen and oxygen atoms in total. The Labute approximate surface area is 170 Å². The van der Waals surface area contributed by atoms with E-state index in [9.17, 15) is 18.0 Å². The Morgan fingerprint density at radius 2 is 1.83 bits per heavy atom. The highest BCUT2D eigenvalue weighted by Crippen LogP contribution is 2.31. The summed E-state index contributed by atoms with van der Waals surface area (Å²) in [7, 11) is 0. The topological polar surface area (TPSA) is 94.0 Å². The van der Waals surface area contributed by atoms with Gasteiger partial charge in [0.2, 0.25) is 5.95 Å². The van der Waals surface area contributed by atoms with Crippen molar-refractivity contribution in [2.45, 2.75) is 13.1 Å². The van der Waals surface area contributed by atoms with Crippen LogP contribution in [-0.2, 0) is 6.18 Å². The van der Waals surface area contributed by atoms with Gasteiger partial charge in [0, 0.05) is 37.4 Å². The van der Waals surface area contributed by atoms with Crippen LogP contribution in [0.1, 0.15) is 23.0 Å². The fourth-order valence-electron chi connectivity index (χ4n) is 2.58. The lowest BCUT2D eigenvalue weighted by Gasteiger charge is -2.10. The molecule has 0 aliphatic carbocycles. The molecule has 2 heterocycles. The second kappa shape index (κ2) is 9.25. The minimum atomic E-state index is -4.80. The van der Waals surface area contributed by atoms with Gasteiger partial charge < -0.3 is 15.4 Å². The summed E-state index contributed by atoms with van der Waals surface area (Å²) in [6.45, 7) is 2.87. The van der Waals surface area contributed by atoms with Gasteiger partial charge in [-0.1, -0.05) is 0 Å². The summed E-state index contributed by atoms with van der Waals surface area (Å²) < 4.78 is 46.1. The third-order valence-electron chi connectivity index (χ3n) is 3.89. The molecule has 30 heavy (non-hydrogen) atoms. The molecule has 2 aromatic heterocycles. The molecule has 0 aliphatic rings. The highest BCUT2D eigenvalue weighted by atomic mass is 19.4. The first-order valence-corrected chi connectivity index (χ1v) is 9.07. The first-order chi connectivity index (χ1) is 14.4. The van der Waals surface area contributed by atoms with Crippen LogP contribution in [0.3, 0.4) is 0 Å². The zero-order chi connectivity index (χ0) is 21.6. The molecule has 0 saturated carbocycles. The maximum Gasteiger partial charge on any atom is 0.435 e. The molecule has 1 amide bonds. The van der Waals surface area contributed by atoms with E-state index in [-0.39, 0.29) is 12.5 Å². The van der Waals surface area contributed by atoms with E-state index in [2.05, 4.69) is 25.7 Å². The van der Waals surface area contributed by atoms with E-state index in [1.165, 1.54) is 18.5 Å². The quantitative estimate of drug-likeness (QED) is 0.545. The predicted molar refractivity (Wildman–Crippen MR) is 103 cm³/mol. The highest BCUT2D eigenvalue weighted by molar-refractivity contribution is 5.95. The standard InChI is InChI=1S/C19H19F3N6O2/c1-2-30-14-6-4-13(5-7-14)23-10-11-24-17(29)15-12-28(18-25-8-3-9-26-18)27-16(15)19(20,21)22/h3-9,12,23H,2,10-11H2,1H3,(H,24,29). The van der Waals surface area contributed by atoms with Crippen LogP contribution in [0, 0.1) is 0 Å². The molecule has 3 aromatic rings. The molecule has 0 spiro atoms. The van der Waals surface area contributed by atoms with Gasteiger partial charge in [-0.15, -0.1) is 0 Å². The van der Waals surface area contributed by atoms with Crippen molar-refractivity contribution < 1.29 is 22.7 Å². The number of amides is 1. The van der Waals surface area contributed by atoms with Crippen LogP contribution in [0.5, 0.6) is 5.75 Å². The van der Waals surface area contributed by atoms with Crippen molar-refractivity contribution in [1.29, 1.82) is 0 Å². The zero-order valence-corrected chi connectivity index (χ0v) is 16.0. The highest BCUT2D eigenvalue weighted by Gasteiger charge is 2.39. The van der Waals surface area contributed by atoms with Crippen LogP contribution in [0.15, 0.2) is 48.9 Å². The van der Waals surface area contributed by atoms with Crippen LogP contribution in [0.25, 0.3) is 5.95 Å². The third-order valence-corrected chi connectivity index (χ3v) is 3.89. The van der Waals surface area contributed by atoms with Crippen molar-refractivity contribution in [2.75, 3.05) is 25.0 Å². The van der Waals surface area contributed by atoms with Crippen molar-refractivity contribution >= 4 is 11.6 Å². The largest absolute Gasteiger partial charge is 0.494 e. The van der Waals surface area contributed by atoms with Crippen LogP contribution < -0.4 is 15.4 Å². The Balaban J connectivity index is 1.62. The van der Waals surface area contributed by atoms with Gasteiger partial charge in [-0.3, -0.25) is 4.79 Å². The number of carbonyl (C=O) groups excluding carboxylic acids is 1. The van der Waals surface area contributed by atoms with E-state index < -0.39 is 23.3 Å². The molecule has 0 bridgehead atoms.